The van der Waals surface area contributed by atoms with Crippen LogP contribution in [0.5, 0.6) is 0 Å². The summed E-state index contributed by atoms with van der Waals surface area (Å²) in [5, 5.41) is 0. The normalized spacial score (nSPS) is 49.0. The van der Waals surface area contributed by atoms with E-state index in [1.54, 1.807) is 6.08 Å². The average molecular weight is 314 g/mol. The summed E-state index contributed by atoms with van der Waals surface area (Å²) in [6, 6.07) is 0. The molecule has 0 N–H and O–H groups in total. The molecular weight excluding hydrogens is 288 g/mol. The predicted molar refractivity (Wildman–Crippen MR) is 86.7 cm³/mol. The molecule has 0 aromatic carbocycles. The van der Waals surface area contributed by atoms with E-state index in [0.717, 1.165) is 44.1 Å². The number of hydrogen-bond donors (Lipinski definition) is 0. The van der Waals surface area contributed by atoms with Gasteiger partial charge in [-0.3, -0.25) is 9.59 Å². The highest BCUT2D eigenvalue weighted by Crippen LogP contribution is 2.64. The van der Waals surface area contributed by atoms with Crippen LogP contribution in [0, 0.1) is 34.5 Å². The van der Waals surface area contributed by atoms with Gasteiger partial charge in [0.1, 0.15) is 12.1 Å². The molecule has 0 aliphatic heterocycles. The SMILES string of the molecule is C[C@@H]1CC(=O)C=C2CC[C@@H]3[C@H](CC[C@]4(C)C(=O)CC[C@@H]34)[C@]21C=O. The molecule has 0 unspecified atom stereocenters. The van der Waals surface area contributed by atoms with Gasteiger partial charge >= 0.3 is 0 Å². The minimum absolute atomic E-state index is 0.0989. The van der Waals surface area contributed by atoms with Gasteiger partial charge in [0.05, 0.1) is 5.41 Å². The summed E-state index contributed by atoms with van der Waals surface area (Å²) in [6.07, 6.45) is 8.93. The molecule has 3 fully saturated rings. The molecule has 124 valence electrons. The van der Waals surface area contributed by atoms with E-state index in [1.807, 2.05) is 0 Å². The van der Waals surface area contributed by atoms with E-state index in [2.05, 4.69) is 13.8 Å². The van der Waals surface area contributed by atoms with Gasteiger partial charge in [-0.15, -0.1) is 0 Å². The van der Waals surface area contributed by atoms with Crippen LogP contribution in [-0.4, -0.2) is 17.9 Å². The smallest absolute Gasteiger partial charge is 0.155 e. The predicted octanol–water partition coefficient (Wildman–Crippen LogP) is 3.51. The van der Waals surface area contributed by atoms with Crippen LogP contribution in [0.4, 0.5) is 0 Å². The van der Waals surface area contributed by atoms with Crippen molar-refractivity contribution in [2.75, 3.05) is 0 Å². The molecular formula is C20H26O3. The quantitative estimate of drug-likeness (QED) is 0.696. The van der Waals surface area contributed by atoms with Crippen molar-refractivity contribution in [1.29, 1.82) is 0 Å². The van der Waals surface area contributed by atoms with Gasteiger partial charge in [-0.2, -0.15) is 0 Å². The number of hydrogen-bond acceptors (Lipinski definition) is 3. The first-order valence-corrected chi connectivity index (χ1v) is 9.17. The number of carbonyl (C=O) groups excluding carboxylic acids is 3. The monoisotopic (exact) mass is 314 g/mol. The first kappa shape index (κ1) is 15.3. The highest BCUT2D eigenvalue weighted by Gasteiger charge is 2.61. The molecule has 0 spiro atoms. The van der Waals surface area contributed by atoms with Crippen LogP contribution in [0.15, 0.2) is 11.6 Å². The van der Waals surface area contributed by atoms with Crippen LogP contribution < -0.4 is 0 Å². The Kier molecular flexibility index (Phi) is 3.24. The Bertz CT molecular complexity index is 618. The Balaban J connectivity index is 1.78. The number of rotatable bonds is 1. The number of aldehydes is 1. The Morgan fingerprint density at radius 3 is 2.65 bits per heavy atom. The molecule has 3 heteroatoms. The Morgan fingerprint density at radius 2 is 1.91 bits per heavy atom. The van der Waals surface area contributed by atoms with Crippen molar-refractivity contribution in [1.82, 2.24) is 0 Å². The van der Waals surface area contributed by atoms with Crippen LogP contribution in [0.3, 0.4) is 0 Å². The summed E-state index contributed by atoms with van der Waals surface area (Å²) < 4.78 is 0. The third-order valence-electron chi connectivity index (χ3n) is 7.92. The third-order valence-corrected chi connectivity index (χ3v) is 7.92. The fourth-order valence-electron chi connectivity index (χ4n) is 6.71. The van der Waals surface area contributed by atoms with Crippen molar-refractivity contribution >= 4 is 17.9 Å². The van der Waals surface area contributed by atoms with Crippen molar-refractivity contribution in [3.8, 4) is 0 Å². The van der Waals surface area contributed by atoms with Gasteiger partial charge in [0.2, 0.25) is 0 Å². The van der Waals surface area contributed by atoms with Crippen LogP contribution in [0.25, 0.3) is 0 Å². The lowest BCUT2D eigenvalue weighted by molar-refractivity contribution is -0.139. The number of carbonyl (C=O) groups is 3. The molecule has 3 saturated carbocycles. The zero-order valence-corrected chi connectivity index (χ0v) is 14.1. The van der Waals surface area contributed by atoms with E-state index in [4.69, 9.17) is 0 Å². The van der Waals surface area contributed by atoms with Gasteiger partial charge in [0.25, 0.3) is 0 Å². The van der Waals surface area contributed by atoms with E-state index in [0.29, 0.717) is 30.0 Å². The fraction of sp³-hybridized carbons (Fsp3) is 0.750. The molecule has 4 rings (SSSR count). The standard InChI is InChI=1S/C20H26O3/c1-12-9-14(22)10-13-3-4-15-16-5-6-18(23)19(16,2)8-7-17(15)20(12,13)11-21/h10-12,15-17H,3-9H2,1-2H3/t12-,15+,16+,17+,19+,20+/m1/s1. The maximum atomic E-state index is 12.4. The van der Waals surface area contributed by atoms with Crippen molar-refractivity contribution in [2.24, 2.45) is 34.5 Å². The molecule has 4 aliphatic rings. The Hall–Kier alpha value is -1.25. The summed E-state index contributed by atoms with van der Waals surface area (Å²) in [4.78, 5) is 36.7. The summed E-state index contributed by atoms with van der Waals surface area (Å²) >= 11 is 0. The van der Waals surface area contributed by atoms with E-state index in [-0.39, 0.29) is 17.1 Å². The summed E-state index contributed by atoms with van der Waals surface area (Å²) in [5.41, 5.74) is 0.495. The second kappa shape index (κ2) is 4.87. The summed E-state index contributed by atoms with van der Waals surface area (Å²) in [6.45, 7) is 4.24. The maximum absolute atomic E-state index is 12.4. The highest BCUT2D eigenvalue weighted by atomic mass is 16.1. The second-order valence-electron chi connectivity index (χ2n) is 8.63. The van der Waals surface area contributed by atoms with E-state index in [1.165, 1.54) is 6.29 Å². The fourth-order valence-corrected chi connectivity index (χ4v) is 6.71. The molecule has 6 atom stereocenters. The lowest BCUT2D eigenvalue weighted by Gasteiger charge is -2.57. The van der Waals surface area contributed by atoms with Crippen LogP contribution >= 0.6 is 0 Å². The Morgan fingerprint density at radius 1 is 1.13 bits per heavy atom. The Labute approximate surface area is 137 Å². The van der Waals surface area contributed by atoms with Gasteiger partial charge in [0.15, 0.2) is 5.78 Å². The molecule has 0 heterocycles. The number of ketones is 2. The molecule has 4 aliphatic carbocycles. The van der Waals surface area contributed by atoms with E-state index < -0.39 is 5.41 Å². The lowest BCUT2D eigenvalue weighted by atomic mass is 9.45. The molecule has 23 heavy (non-hydrogen) atoms. The first-order valence-electron chi connectivity index (χ1n) is 9.17. The lowest BCUT2D eigenvalue weighted by Crippen LogP contribution is -2.55. The molecule has 0 aromatic heterocycles. The van der Waals surface area contributed by atoms with E-state index >= 15 is 0 Å². The van der Waals surface area contributed by atoms with Crippen molar-refractivity contribution in [2.45, 2.75) is 58.8 Å². The van der Waals surface area contributed by atoms with Gasteiger partial charge < -0.3 is 4.79 Å². The van der Waals surface area contributed by atoms with Gasteiger partial charge in [-0.1, -0.05) is 19.4 Å². The summed E-state index contributed by atoms with van der Waals surface area (Å²) in [7, 11) is 0. The van der Waals surface area contributed by atoms with Crippen molar-refractivity contribution < 1.29 is 14.4 Å². The van der Waals surface area contributed by atoms with E-state index in [9.17, 15) is 14.4 Å². The zero-order valence-electron chi connectivity index (χ0n) is 14.1. The zero-order chi connectivity index (χ0) is 16.4. The van der Waals surface area contributed by atoms with Crippen molar-refractivity contribution in [3.05, 3.63) is 11.6 Å². The topological polar surface area (TPSA) is 51.2 Å². The van der Waals surface area contributed by atoms with Crippen LogP contribution in [0.2, 0.25) is 0 Å². The maximum Gasteiger partial charge on any atom is 0.155 e. The summed E-state index contributed by atoms with van der Waals surface area (Å²) in [5.74, 6) is 1.96. The van der Waals surface area contributed by atoms with Crippen LogP contribution in [-0.2, 0) is 14.4 Å². The highest BCUT2D eigenvalue weighted by molar-refractivity contribution is 5.94. The number of allylic oxidation sites excluding steroid dienone is 1. The van der Waals surface area contributed by atoms with Gasteiger partial charge in [-0.05, 0) is 61.9 Å². The first-order chi connectivity index (χ1) is 10.9. The number of Topliss-reactive ketones (excluding diaryl/α,β-unsaturated/α-hetero) is 1. The third kappa shape index (κ3) is 1.79. The minimum Gasteiger partial charge on any atom is -0.302 e. The van der Waals surface area contributed by atoms with Crippen molar-refractivity contribution in [3.63, 3.8) is 0 Å². The van der Waals surface area contributed by atoms with Crippen LogP contribution in [0.1, 0.15) is 58.8 Å². The largest absolute Gasteiger partial charge is 0.302 e. The minimum atomic E-state index is -0.441. The molecule has 0 radical (unpaired) electrons. The molecule has 0 bridgehead atoms. The average Bonchev–Trinajstić information content (AvgIpc) is 2.82. The van der Waals surface area contributed by atoms with Gasteiger partial charge in [0, 0.05) is 18.3 Å². The second-order valence-corrected chi connectivity index (χ2v) is 8.63. The molecule has 0 saturated heterocycles. The molecule has 3 nitrogen and oxygen atoms in total. The van der Waals surface area contributed by atoms with Gasteiger partial charge in [-0.25, -0.2) is 0 Å². The molecule has 0 aromatic rings. The molecule has 0 amide bonds. The number of fused-ring (bicyclic) bond motifs is 5.